The van der Waals surface area contributed by atoms with Gasteiger partial charge in [-0.15, -0.1) is 22.7 Å². The molecule has 130 valence electrons. The first-order valence-electron chi connectivity index (χ1n) is 9.44. The molecule has 2 heterocycles. The lowest BCUT2D eigenvalue weighted by Gasteiger charge is -2.02. The summed E-state index contributed by atoms with van der Waals surface area (Å²) in [7, 11) is 0. The number of aryl methyl sites for hydroxylation is 2. The van der Waals surface area contributed by atoms with Crippen molar-refractivity contribution in [2.24, 2.45) is 0 Å². The van der Waals surface area contributed by atoms with Gasteiger partial charge in [0, 0.05) is 51.1 Å². The zero-order chi connectivity index (χ0) is 18.1. The van der Waals surface area contributed by atoms with Crippen molar-refractivity contribution in [3.8, 4) is 0 Å². The number of fused-ring (bicyclic) bond motifs is 9. The molecule has 0 aliphatic rings. The van der Waals surface area contributed by atoms with E-state index in [4.69, 9.17) is 0 Å². The van der Waals surface area contributed by atoms with Crippen molar-refractivity contribution in [3.63, 3.8) is 0 Å². The fraction of sp³-hybridized carbons (Fsp3) is 0.120. The van der Waals surface area contributed by atoms with Crippen molar-refractivity contribution in [2.75, 3.05) is 0 Å². The van der Waals surface area contributed by atoms with Crippen LogP contribution < -0.4 is 0 Å². The summed E-state index contributed by atoms with van der Waals surface area (Å²) in [6, 6.07) is 22.8. The first-order chi connectivity index (χ1) is 13.3. The van der Waals surface area contributed by atoms with Gasteiger partial charge in [0.1, 0.15) is 0 Å². The van der Waals surface area contributed by atoms with Crippen LogP contribution in [0.2, 0.25) is 0 Å². The summed E-state index contributed by atoms with van der Waals surface area (Å²) in [5.41, 5.74) is 2.83. The van der Waals surface area contributed by atoms with E-state index in [1.165, 1.54) is 62.2 Å². The van der Waals surface area contributed by atoms with Crippen molar-refractivity contribution < 1.29 is 0 Å². The quantitative estimate of drug-likeness (QED) is 0.267. The molecule has 0 fully saturated rings. The molecular formula is C25H18S2. The molecule has 0 saturated carbocycles. The Labute approximate surface area is 165 Å². The lowest BCUT2D eigenvalue weighted by atomic mass is 10.0. The Bertz CT molecular complexity index is 1510. The first kappa shape index (κ1) is 15.6. The van der Waals surface area contributed by atoms with Crippen LogP contribution in [-0.2, 0) is 6.42 Å². The van der Waals surface area contributed by atoms with Crippen molar-refractivity contribution in [3.05, 3.63) is 71.8 Å². The minimum atomic E-state index is 1.09. The van der Waals surface area contributed by atoms with Crippen LogP contribution in [0.4, 0.5) is 0 Å². The molecule has 4 aromatic carbocycles. The maximum Gasteiger partial charge on any atom is 0.0434 e. The molecule has 0 atom stereocenters. The lowest BCUT2D eigenvalue weighted by Crippen LogP contribution is -1.78. The SMILES string of the molecule is CCc1cccc2c1sc1c2ccc2c1ccc1c3cccc(C)c3sc12. The van der Waals surface area contributed by atoms with E-state index in [-0.39, 0.29) is 0 Å². The Kier molecular flexibility index (Phi) is 3.21. The summed E-state index contributed by atoms with van der Waals surface area (Å²) in [6.45, 7) is 4.47. The predicted octanol–water partition coefficient (Wildman–Crippen LogP) is 8.45. The molecule has 0 bridgehead atoms. The van der Waals surface area contributed by atoms with Gasteiger partial charge in [-0.05, 0) is 24.5 Å². The molecule has 0 aliphatic carbocycles. The molecule has 0 spiro atoms. The van der Waals surface area contributed by atoms with Crippen LogP contribution >= 0.6 is 22.7 Å². The molecule has 2 heteroatoms. The van der Waals surface area contributed by atoms with E-state index >= 15 is 0 Å². The van der Waals surface area contributed by atoms with Crippen LogP contribution in [0, 0.1) is 6.92 Å². The maximum atomic E-state index is 2.34. The van der Waals surface area contributed by atoms with Gasteiger partial charge in [-0.25, -0.2) is 0 Å². The Morgan fingerprint density at radius 2 is 1.04 bits per heavy atom. The summed E-state index contributed by atoms with van der Waals surface area (Å²) in [6.07, 6.45) is 1.09. The van der Waals surface area contributed by atoms with Crippen LogP contribution in [-0.4, -0.2) is 0 Å². The second-order valence-corrected chi connectivity index (χ2v) is 9.32. The zero-order valence-electron chi connectivity index (χ0n) is 15.3. The molecule has 0 amide bonds. The highest BCUT2D eigenvalue weighted by atomic mass is 32.1. The molecule has 27 heavy (non-hydrogen) atoms. The van der Waals surface area contributed by atoms with E-state index in [2.05, 4.69) is 74.5 Å². The number of benzene rings is 4. The Morgan fingerprint density at radius 3 is 1.63 bits per heavy atom. The lowest BCUT2D eigenvalue weighted by molar-refractivity contribution is 1.16. The molecule has 0 nitrogen and oxygen atoms in total. The summed E-state index contributed by atoms with van der Waals surface area (Å²) in [5, 5.41) is 8.37. The summed E-state index contributed by atoms with van der Waals surface area (Å²) < 4.78 is 5.73. The van der Waals surface area contributed by atoms with Gasteiger partial charge in [0.2, 0.25) is 0 Å². The van der Waals surface area contributed by atoms with E-state index in [0.717, 1.165) is 6.42 Å². The van der Waals surface area contributed by atoms with Crippen molar-refractivity contribution in [1.82, 2.24) is 0 Å². The number of hydrogen-bond acceptors (Lipinski definition) is 2. The van der Waals surface area contributed by atoms with Gasteiger partial charge in [-0.3, -0.25) is 0 Å². The minimum absolute atomic E-state index is 1.09. The largest absolute Gasteiger partial charge is 0.134 e. The number of hydrogen-bond donors (Lipinski definition) is 0. The highest BCUT2D eigenvalue weighted by Gasteiger charge is 2.14. The molecule has 0 N–H and O–H groups in total. The van der Waals surface area contributed by atoms with Crippen LogP contribution in [0.3, 0.4) is 0 Å². The van der Waals surface area contributed by atoms with E-state index in [0.29, 0.717) is 0 Å². The molecular weight excluding hydrogens is 364 g/mol. The average molecular weight is 383 g/mol. The van der Waals surface area contributed by atoms with Gasteiger partial charge in [0.05, 0.1) is 0 Å². The predicted molar refractivity (Wildman–Crippen MR) is 124 cm³/mol. The second kappa shape index (κ2) is 5.54. The maximum absolute atomic E-state index is 2.34. The summed E-state index contributed by atoms with van der Waals surface area (Å²) >= 11 is 3.91. The smallest absolute Gasteiger partial charge is 0.0434 e. The normalized spacial score (nSPS) is 12.2. The van der Waals surface area contributed by atoms with Gasteiger partial charge in [0.15, 0.2) is 0 Å². The fourth-order valence-corrected chi connectivity index (χ4v) is 7.10. The standard InChI is InChI=1S/C25H18S2/c1-3-15-7-5-9-17-19-11-13-20-21(25(19)27-23(15)17)12-10-18-16-8-4-6-14(2)22(16)26-24(18)20/h4-13H,3H2,1-2H3. The van der Waals surface area contributed by atoms with Gasteiger partial charge in [-0.1, -0.05) is 67.6 Å². The van der Waals surface area contributed by atoms with Gasteiger partial charge in [-0.2, -0.15) is 0 Å². The van der Waals surface area contributed by atoms with Crippen LogP contribution in [0.25, 0.3) is 51.1 Å². The van der Waals surface area contributed by atoms with Crippen LogP contribution in [0.5, 0.6) is 0 Å². The highest BCUT2D eigenvalue weighted by Crippen LogP contribution is 2.45. The third kappa shape index (κ3) is 2.03. The minimum Gasteiger partial charge on any atom is -0.134 e. The highest BCUT2D eigenvalue weighted by molar-refractivity contribution is 7.28. The van der Waals surface area contributed by atoms with Crippen molar-refractivity contribution in [2.45, 2.75) is 20.3 Å². The third-order valence-corrected chi connectivity index (χ3v) is 8.50. The monoisotopic (exact) mass is 382 g/mol. The van der Waals surface area contributed by atoms with Crippen molar-refractivity contribution >= 4 is 73.8 Å². The van der Waals surface area contributed by atoms with Gasteiger partial charge < -0.3 is 0 Å². The molecule has 6 rings (SSSR count). The zero-order valence-corrected chi connectivity index (χ0v) is 16.9. The number of rotatable bonds is 1. The van der Waals surface area contributed by atoms with Crippen molar-refractivity contribution in [1.29, 1.82) is 0 Å². The Balaban J connectivity index is 1.81. The van der Waals surface area contributed by atoms with Crippen LogP contribution in [0.1, 0.15) is 18.1 Å². The van der Waals surface area contributed by atoms with E-state index in [9.17, 15) is 0 Å². The summed E-state index contributed by atoms with van der Waals surface area (Å²) in [5.74, 6) is 0. The average Bonchev–Trinajstić information content (AvgIpc) is 3.27. The molecule has 2 aromatic heterocycles. The molecule has 0 saturated heterocycles. The molecule has 0 unspecified atom stereocenters. The van der Waals surface area contributed by atoms with Gasteiger partial charge in [0.25, 0.3) is 0 Å². The summed E-state index contributed by atoms with van der Waals surface area (Å²) in [4.78, 5) is 0. The third-order valence-electron chi connectivity index (χ3n) is 5.78. The Hall–Kier alpha value is -2.42. The molecule has 0 radical (unpaired) electrons. The molecule has 0 aliphatic heterocycles. The first-order valence-corrected chi connectivity index (χ1v) is 11.1. The van der Waals surface area contributed by atoms with Crippen LogP contribution in [0.15, 0.2) is 60.7 Å². The fourth-order valence-electron chi connectivity index (χ4n) is 4.39. The van der Waals surface area contributed by atoms with Gasteiger partial charge >= 0.3 is 0 Å². The second-order valence-electron chi connectivity index (χ2n) is 7.28. The molecule has 6 aromatic rings. The number of thiophene rings is 2. The Morgan fingerprint density at radius 1 is 0.556 bits per heavy atom. The van der Waals surface area contributed by atoms with E-state index in [1.54, 1.807) is 0 Å². The van der Waals surface area contributed by atoms with E-state index < -0.39 is 0 Å². The topological polar surface area (TPSA) is 0 Å². The van der Waals surface area contributed by atoms with E-state index in [1.807, 2.05) is 22.7 Å².